The number of benzene rings is 3. The van der Waals surface area contributed by atoms with Crippen LogP contribution in [-0.2, 0) is 4.79 Å². The number of aromatic hydroxyl groups is 1. The standard InChI is InChI=1S/C27H18O3/c28-25-15-14-20-8-4-5-9-23(20)24(25)16-22-17-26(30-27(22)29)21-12-10-19(11-13-21)18-6-2-1-3-7-18/h1-17,29H. The number of carbonyl (C=O) groups is 1. The van der Waals surface area contributed by atoms with Gasteiger partial charge < -0.3 is 9.52 Å². The minimum absolute atomic E-state index is 0.0944. The summed E-state index contributed by atoms with van der Waals surface area (Å²) in [6.07, 6.45) is 5.05. The summed E-state index contributed by atoms with van der Waals surface area (Å²) in [5, 5.41) is 10.3. The van der Waals surface area contributed by atoms with E-state index in [9.17, 15) is 9.90 Å². The molecule has 0 bridgehead atoms. The molecule has 0 radical (unpaired) electrons. The molecule has 30 heavy (non-hydrogen) atoms. The van der Waals surface area contributed by atoms with Crippen molar-refractivity contribution in [3.63, 3.8) is 0 Å². The lowest BCUT2D eigenvalue weighted by molar-refractivity contribution is -0.109. The van der Waals surface area contributed by atoms with Gasteiger partial charge in [0.2, 0.25) is 0 Å². The normalized spacial score (nSPS) is 14.1. The first-order chi connectivity index (χ1) is 14.7. The molecule has 0 amide bonds. The SMILES string of the molecule is O=C1C=Cc2ccccc2C1=Cc1cc(-c2ccc(-c3ccccc3)cc2)oc1O. The summed E-state index contributed by atoms with van der Waals surface area (Å²) in [6.45, 7) is 0. The Bertz CT molecular complexity index is 1290. The van der Waals surface area contributed by atoms with Crippen LogP contribution in [0.2, 0.25) is 0 Å². The fraction of sp³-hybridized carbons (Fsp3) is 0. The van der Waals surface area contributed by atoms with Gasteiger partial charge in [0.05, 0.1) is 5.56 Å². The minimum atomic E-state index is -0.204. The summed E-state index contributed by atoms with van der Waals surface area (Å²) in [5.41, 5.74) is 5.93. The quantitative estimate of drug-likeness (QED) is 0.409. The lowest BCUT2D eigenvalue weighted by Crippen LogP contribution is -2.04. The van der Waals surface area contributed by atoms with Crippen molar-refractivity contribution in [1.29, 1.82) is 0 Å². The molecular formula is C27H18O3. The van der Waals surface area contributed by atoms with Crippen LogP contribution in [0.5, 0.6) is 5.95 Å². The topological polar surface area (TPSA) is 50.4 Å². The highest BCUT2D eigenvalue weighted by atomic mass is 16.5. The first-order valence-electron chi connectivity index (χ1n) is 9.71. The average molecular weight is 390 g/mol. The average Bonchev–Trinajstić information content (AvgIpc) is 3.17. The van der Waals surface area contributed by atoms with Crippen molar-refractivity contribution in [2.24, 2.45) is 0 Å². The molecular weight excluding hydrogens is 372 g/mol. The molecule has 3 aromatic carbocycles. The minimum Gasteiger partial charge on any atom is -0.480 e. The smallest absolute Gasteiger partial charge is 0.289 e. The molecule has 144 valence electrons. The van der Waals surface area contributed by atoms with Gasteiger partial charge in [0.15, 0.2) is 5.78 Å². The van der Waals surface area contributed by atoms with Gasteiger partial charge in [0.25, 0.3) is 5.95 Å². The molecule has 5 rings (SSSR count). The van der Waals surface area contributed by atoms with Crippen molar-refractivity contribution in [3.05, 3.63) is 108 Å². The molecule has 0 fully saturated rings. The molecule has 0 saturated carbocycles. The zero-order valence-corrected chi connectivity index (χ0v) is 16.1. The molecule has 3 nitrogen and oxygen atoms in total. The van der Waals surface area contributed by atoms with Gasteiger partial charge in [0.1, 0.15) is 5.76 Å². The molecule has 0 unspecified atom stereocenters. The predicted octanol–water partition coefficient (Wildman–Crippen LogP) is 6.46. The van der Waals surface area contributed by atoms with Gasteiger partial charge in [-0.05, 0) is 40.5 Å². The van der Waals surface area contributed by atoms with E-state index in [0.29, 0.717) is 16.9 Å². The van der Waals surface area contributed by atoms with Crippen molar-refractivity contribution in [3.8, 4) is 28.4 Å². The van der Waals surface area contributed by atoms with E-state index >= 15 is 0 Å². The van der Waals surface area contributed by atoms with Crippen LogP contribution in [0.4, 0.5) is 0 Å². The van der Waals surface area contributed by atoms with Crippen LogP contribution in [0.1, 0.15) is 16.7 Å². The molecule has 0 atom stereocenters. The van der Waals surface area contributed by atoms with E-state index in [1.807, 2.05) is 72.8 Å². The lowest BCUT2D eigenvalue weighted by Gasteiger charge is -2.12. The Morgan fingerprint density at radius 3 is 2.20 bits per heavy atom. The number of rotatable bonds is 3. The zero-order chi connectivity index (χ0) is 20.5. The summed E-state index contributed by atoms with van der Waals surface area (Å²) >= 11 is 0. The van der Waals surface area contributed by atoms with Crippen molar-refractivity contribution < 1.29 is 14.3 Å². The van der Waals surface area contributed by atoms with Crippen molar-refractivity contribution >= 4 is 23.5 Å². The highest BCUT2D eigenvalue weighted by Crippen LogP contribution is 2.35. The van der Waals surface area contributed by atoms with E-state index in [1.165, 1.54) is 0 Å². The number of fused-ring (bicyclic) bond motifs is 1. The van der Waals surface area contributed by atoms with Crippen LogP contribution in [0.15, 0.2) is 95.4 Å². The number of hydrogen-bond acceptors (Lipinski definition) is 3. The fourth-order valence-electron chi connectivity index (χ4n) is 3.68. The van der Waals surface area contributed by atoms with E-state index in [0.717, 1.165) is 27.8 Å². The van der Waals surface area contributed by atoms with Crippen molar-refractivity contribution in [2.45, 2.75) is 0 Å². The van der Waals surface area contributed by atoms with Crippen molar-refractivity contribution in [1.82, 2.24) is 0 Å². The Kier molecular flexibility index (Phi) is 4.41. The molecule has 1 aromatic heterocycles. The molecule has 0 saturated heterocycles. The summed E-state index contributed by atoms with van der Waals surface area (Å²) in [4.78, 5) is 12.5. The van der Waals surface area contributed by atoms with Crippen LogP contribution in [0.25, 0.3) is 40.2 Å². The summed E-state index contributed by atoms with van der Waals surface area (Å²) in [6, 6.07) is 27.5. The van der Waals surface area contributed by atoms with Gasteiger partial charge in [-0.15, -0.1) is 0 Å². The lowest BCUT2D eigenvalue weighted by atomic mass is 9.90. The highest BCUT2D eigenvalue weighted by molar-refractivity contribution is 6.33. The third kappa shape index (κ3) is 3.27. The van der Waals surface area contributed by atoms with Gasteiger partial charge in [-0.1, -0.05) is 84.9 Å². The molecule has 1 aliphatic rings. The zero-order valence-electron chi connectivity index (χ0n) is 16.1. The molecule has 4 aromatic rings. The van der Waals surface area contributed by atoms with Gasteiger partial charge in [-0.3, -0.25) is 4.79 Å². The molecule has 1 heterocycles. The van der Waals surface area contributed by atoms with Crippen LogP contribution in [-0.4, -0.2) is 10.9 Å². The van der Waals surface area contributed by atoms with Gasteiger partial charge in [-0.25, -0.2) is 0 Å². The molecule has 0 spiro atoms. The number of carbonyl (C=O) groups excluding carboxylic acids is 1. The predicted molar refractivity (Wildman–Crippen MR) is 120 cm³/mol. The molecule has 3 heteroatoms. The maximum atomic E-state index is 12.5. The molecule has 1 N–H and O–H groups in total. The third-order valence-corrected chi connectivity index (χ3v) is 5.25. The number of allylic oxidation sites excluding steroid dienone is 2. The first-order valence-corrected chi connectivity index (χ1v) is 9.71. The van der Waals surface area contributed by atoms with Crippen molar-refractivity contribution in [2.75, 3.05) is 0 Å². The van der Waals surface area contributed by atoms with Gasteiger partial charge in [-0.2, -0.15) is 0 Å². The molecule has 1 aliphatic carbocycles. The van der Waals surface area contributed by atoms with Gasteiger partial charge in [0, 0.05) is 11.1 Å². The second-order valence-electron chi connectivity index (χ2n) is 7.16. The maximum absolute atomic E-state index is 12.5. The van der Waals surface area contributed by atoms with Crippen LogP contribution in [0.3, 0.4) is 0 Å². The Hall–Kier alpha value is -4.11. The summed E-state index contributed by atoms with van der Waals surface area (Å²) < 4.78 is 5.59. The molecule has 0 aliphatic heterocycles. The van der Waals surface area contributed by atoms with Crippen LogP contribution in [0, 0.1) is 0 Å². The van der Waals surface area contributed by atoms with E-state index < -0.39 is 0 Å². The third-order valence-electron chi connectivity index (χ3n) is 5.25. The number of ketones is 1. The Morgan fingerprint density at radius 1 is 0.733 bits per heavy atom. The van der Waals surface area contributed by atoms with E-state index in [-0.39, 0.29) is 11.7 Å². The van der Waals surface area contributed by atoms with E-state index in [1.54, 1.807) is 18.2 Å². The Labute approximate surface area is 174 Å². The van der Waals surface area contributed by atoms with Crippen LogP contribution < -0.4 is 0 Å². The van der Waals surface area contributed by atoms with E-state index in [2.05, 4.69) is 12.1 Å². The largest absolute Gasteiger partial charge is 0.480 e. The first kappa shape index (κ1) is 18.0. The summed E-state index contributed by atoms with van der Waals surface area (Å²) in [5.74, 6) is 0.249. The van der Waals surface area contributed by atoms with Crippen LogP contribution >= 0.6 is 0 Å². The Morgan fingerprint density at radius 2 is 1.40 bits per heavy atom. The van der Waals surface area contributed by atoms with Gasteiger partial charge >= 0.3 is 0 Å². The highest BCUT2D eigenvalue weighted by Gasteiger charge is 2.19. The second kappa shape index (κ2) is 7.37. The maximum Gasteiger partial charge on any atom is 0.289 e. The Balaban J connectivity index is 1.49. The monoisotopic (exact) mass is 390 g/mol. The number of hydrogen-bond donors (Lipinski definition) is 1. The number of furan rings is 1. The van der Waals surface area contributed by atoms with E-state index in [4.69, 9.17) is 4.42 Å². The second-order valence-corrected chi connectivity index (χ2v) is 7.16. The fourth-order valence-corrected chi connectivity index (χ4v) is 3.68. The summed E-state index contributed by atoms with van der Waals surface area (Å²) in [7, 11) is 0.